The highest BCUT2D eigenvalue weighted by Gasteiger charge is 2.26. The standard InChI is InChI=1S/C17H27N3O5S/c1-17(2,3)25-16(21)20-10-8-19(9-11-20)15-6-5-14(13-18-15)7-12-24-26(4,22)23/h5-6,13H,7-12H2,1-4H3. The van der Waals surface area contributed by atoms with Crippen LogP contribution in [-0.2, 0) is 25.5 Å². The minimum atomic E-state index is -3.41. The number of anilines is 1. The van der Waals surface area contributed by atoms with Crippen molar-refractivity contribution < 1.29 is 22.1 Å². The molecule has 0 radical (unpaired) electrons. The van der Waals surface area contributed by atoms with E-state index in [1.807, 2.05) is 32.9 Å². The lowest BCUT2D eigenvalue weighted by atomic mass is 10.2. The van der Waals surface area contributed by atoms with Crippen molar-refractivity contribution >= 4 is 22.0 Å². The SMILES string of the molecule is CC(C)(C)OC(=O)N1CCN(c2ccc(CCOS(C)(=O)=O)cn2)CC1. The van der Waals surface area contributed by atoms with Gasteiger partial charge in [-0.3, -0.25) is 4.18 Å². The van der Waals surface area contributed by atoms with Gasteiger partial charge < -0.3 is 14.5 Å². The number of hydrogen-bond acceptors (Lipinski definition) is 7. The highest BCUT2D eigenvalue weighted by molar-refractivity contribution is 7.85. The summed E-state index contributed by atoms with van der Waals surface area (Å²) >= 11 is 0. The number of ether oxygens (including phenoxy) is 1. The van der Waals surface area contributed by atoms with Crippen molar-refractivity contribution in [3.63, 3.8) is 0 Å². The van der Waals surface area contributed by atoms with Crippen LogP contribution in [0, 0.1) is 0 Å². The lowest BCUT2D eigenvalue weighted by molar-refractivity contribution is 0.0240. The Labute approximate surface area is 155 Å². The van der Waals surface area contributed by atoms with Gasteiger partial charge in [0.05, 0.1) is 12.9 Å². The average Bonchev–Trinajstić information content (AvgIpc) is 2.53. The van der Waals surface area contributed by atoms with Crippen molar-refractivity contribution in [3.05, 3.63) is 23.9 Å². The van der Waals surface area contributed by atoms with E-state index in [0.29, 0.717) is 32.6 Å². The number of carbonyl (C=O) groups is 1. The van der Waals surface area contributed by atoms with Crippen LogP contribution < -0.4 is 4.90 Å². The van der Waals surface area contributed by atoms with Crippen LogP contribution in [0.1, 0.15) is 26.3 Å². The number of aromatic nitrogens is 1. The summed E-state index contributed by atoms with van der Waals surface area (Å²) in [6.45, 7) is 8.20. The molecular formula is C17H27N3O5S. The second-order valence-corrected chi connectivity index (χ2v) is 8.90. The van der Waals surface area contributed by atoms with Crippen LogP contribution in [0.2, 0.25) is 0 Å². The molecule has 2 heterocycles. The minimum absolute atomic E-state index is 0.106. The number of piperazine rings is 1. The van der Waals surface area contributed by atoms with E-state index in [0.717, 1.165) is 17.6 Å². The fourth-order valence-corrected chi connectivity index (χ4v) is 2.89. The summed E-state index contributed by atoms with van der Waals surface area (Å²) < 4.78 is 32.0. The van der Waals surface area contributed by atoms with E-state index in [9.17, 15) is 13.2 Å². The second kappa shape index (κ2) is 8.22. The highest BCUT2D eigenvalue weighted by Crippen LogP contribution is 2.16. The molecule has 8 nitrogen and oxygen atoms in total. The first-order valence-electron chi connectivity index (χ1n) is 8.56. The van der Waals surface area contributed by atoms with Crippen LogP contribution in [-0.4, -0.2) is 69.0 Å². The van der Waals surface area contributed by atoms with Gasteiger partial charge in [-0.2, -0.15) is 8.42 Å². The molecule has 9 heteroatoms. The van der Waals surface area contributed by atoms with Crippen LogP contribution >= 0.6 is 0 Å². The highest BCUT2D eigenvalue weighted by atomic mass is 32.2. The molecule has 0 atom stereocenters. The first-order valence-corrected chi connectivity index (χ1v) is 10.4. The molecule has 2 rings (SSSR count). The molecule has 26 heavy (non-hydrogen) atoms. The zero-order chi connectivity index (χ0) is 19.4. The smallest absolute Gasteiger partial charge is 0.410 e. The summed E-state index contributed by atoms with van der Waals surface area (Å²) in [5, 5.41) is 0. The Hall–Kier alpha value is -1.87. The molecule has 1 aromatic heterocycles. The van der Waals surface area contributed by atoms with E-state index in [1.165, 1.54) is 0 Å². The maximum Gasteiger partial charge on any atom is 0.410 e. The molecule has 1 saturated heterocycles. The maximum absolute atomic E-state index is 12.1. The van der Waals surface area contributed by atoms with Gasteiger partial charge in [0.1, 0.15) is 11.4 Å². The van der Waals surface area contributed by atoms with E-state index in [1.54, 1.807) is 11.1 Å². The summed E-state index contributed by atoms with van der Waals surface area (Å²) in [6.07, 6.45) is 2.95. The molecule has 1 aromatic rings. The lowest BCUT2D eigenvalue weighted by Gasteiger charge is -2.36. The number of rotatable bonds is 5. The van der Waals surface area contributed by atoms with E-state index in [-0.39, 0.29) is 12.7 Å². The summed E-state index contributed by atoms with van der Waals surface area (Å²) in [5.74, 6) is 0.835. The molecule has 0 unspecified atom stereocenters. The van der Waals surface area contributed by atoms with Crippen molar-refractivity contribution in [1.82, 2.24) is 9.88 Å². The van der Waals surface area contributed by atoms with Gasteiger partial charge in [0.2, 0.25) is 0 Å². The van der Waals surface area contributed by atoms with Crippen LogP contribution in [0.4, 0.5) is 10.6 Å². The monoisotopic (exact) mass is 385 g/mol. The van der Waals surface area contributed by atoms with E-state index in [2.05, 4.69) is 9.88 Å². The molecule has 1 fully saturated rings. The first-order chi connectivity index (χ1) is 12.0. The molecule has 0 spiro atoms. The summed E-state index contributed by atoms with van der Waals surface area (Å²) in [6, 6.07) is 3.81. The zero-order valence-corrected chi connectivity index (χ0v) is 16.6. The van der Waals surface area contributed by atoms with Gasteiger partial charge in [-0.05, 0) is 38.8 Å². The summed E-state index contributed by atoms with van der Waals surface area (Å²) in [5.41, 5.74) is 0.414. The minimum Gasteiger partial charge on any atom is -0.444 e. The van der Waals surface area contributed by atoms with Crippen LogP contribution in [0.15, 0.2) is 18.3 Å². The number of nitrogens with zero attached hydrogens (tertiary/aromatic N) is 3. The molecule has 1 aliphatic rings. The fraction of sp³-hybridized carbons (Fsp3) is 0.647. The predicted octanol–water partition coefficient (Wildman–Crippen LogP) is 1.66. The normalized spacial score (nSPS) is 15.8. The Morgan fingerprint density at radius 3 is 2.35 bits per heavy atom. The van der Waals surface area contributed by atoms with Gasteiger partial charge in [-0.15, -0.1) is 0 Å². The molecule has 0 aromatic carbocycles. The Bertz CT molecular complexity index is 705. The van der Waals surface area contributed by atoms with Gasteiger partial charge in [-0.1, -0.05) is 6.07 Å². The van der Waals surface area contributed by atoms with E-state index >= 15 is 0 Å². The van der Waals surface area contributed by atoms with Crippen LogP contribution in [0.5, 0.6) is 0 Å². The number of hydrogen-bond donors (Lipinski definition) is 0. The summed E-state index contributed by atoms with van der Waals surface area (Å²) in [4.78, 5) is 20.3. The van der Waals surface area contributed by atoms with Crippen molar-refractivity contribution in [2.75, 3.05) is 43.9 Å². The van der Waals surface area contributed by atoms with Crippen molar-refractivity contribution in [3.8, 4) is 0 Å². The van der Waals surface area contributed by atoms with Gasteiger partial charge in [0.25, 0.3) is 10.1 Å². The Kier molecular flexibility index (Phi) is 6.46. The van der Waals surface area contributed by atoms with Gasteiger partial charge in [0, 0.05) is 32.4 Å². The third-order valence-electron chi connectivity index (χ3n) is 3.75. The molecule has 0 bridgehead atoms. The van der Waals surface area contributed by atoms with E-state index in [4.69, 9.17) is 8.92 Å². The third-order valence-corrected chi connectivity index (χ3v) is 4.35. The fourth-order valence-electron chi connectivity index (χ4n) is 2.51. The molecule has 0 saturated carbocycles. The Morgan fingerprint density at radius 2 is 1.85 bits per heavy atom. The van der Waals surface area contributed by atoms with Crippen molar-refractivity contribution in [2.45, 2.75) is 32.8 Å². The molecule has 0 N–H and O–H groups in total. The number of amides is 1. The summed E-state index contributed by atoms with van der Waals surface area (Å²) in [7, 11) is -3.41. The topological polar surface area (TPSA) is 89.0 Å². The second-order valence-electron chi connectivity index (χ2n) is 7.26. The van der Waals surface area contributed by atoms with Gasteiger partial charge in [0.15, 0.2) is 0 Å². The van der Waals surface area contributed by atoms with Crippen LogP contribution in [0.25, 0.3) is 0 Å². The maximum atomic E-state index is 12.1. The number of carbonyl (C=O) groups excluding carboxylic acids is 1. The lowest BCUT2D eigenvalue weighted by Crippen LogP contribution is -2.50. The predicted molar refractivity (Wildman–Crippen MR) is 98.8 cm³/mol. The third kappa shape index (κ3) is 6.80. The van der Waals surface area contributed by atoms with Crippen LogP contribution in [0.3, 0.4) is 0 Å². The largest absolute Gasteiger partial charge is 0.444 e. The van der Waals surface area contributed by atoms with Crippen molar-refractivity contribution in [1.29, 1.82) is 0 Å². The zero-order valence-electron chi connectivity index (χ0n) is 15.8. The molecule has 146 valence electrons. The Balaban J connectivity index is 1.83. The quantitative estimate of drug-likeness (QED) is 0.712. The van der Waals surface area contributed by atoms with Crippen molar-refractivity contribution in [2.24, 2.45) is 0 Å². The average molecular weight is 385 g/mol. The molecule has 1 amide bonds. The Morgan fingerprint density at radius 1 is 1.19 bits per heavy atom. The molecule has 1 aliphatic heterocycles. The van der Waals surface area contributed by atoms with E-state index < -0.39 is 15.7 Å². The number of pyridine rings is 1. The molecule has 0 aliphatic carbocycles. The first kappa shape index (κ1) is 20.4. The van der Waals surface area contributed by atoms with Gasteiger partial charge in [-0.25, -0.2) is 9.78 Å². The molecular weight excluding hydrogens is 358 g/mol. The van der Waals surface area contributed by atoms with Gasteiger partial charge >= 0.3 is 6.09 Å².